The summed E-state index contributed by atoms with van der Waals surface area (Å²) in [7, 11) is 0. The smallest absolute Gasteiger partial charge is 0.281 e. The van der Waals surface area contributed by atoms with Crippen LogP contribution in [0.15, 0.2) is 65.5 Å². The highest BCUT2D eigenvalue weighted by Crippen LogP contribution is 2.30. The van der Waals surface area contributed by atoms with Crippen LogP contribution >= 0.6 is 46.4 Å². The summed E-state index contributed by atoms with van der Waals surface area (Å²) in [6.07, 6.45) is 0. The molecule has 1 N–H and O–H groups in total. The van der Waals surface area contributed by atoms with Crippen LogP contribution in [0, 0.1) is 0 Å². The molecule has 0 unspecified atom stereocenters. The second kappa shape index (κ2) is 9.43. The number of hydrogen-bond acceptors (Lipinski definition) is 5. The van der Waals surface area contributed by atoms with Crippen molar-refractivity contribution in [1.29, 1.82) is 0 Å². The molecule has 0 fully saturated rings. The van der Waals surface area contributed by atoms with Gasteiger partial charge in [-0.2, -0.15) is 0 Å². The van der Waals surface area contributed by atoms with Crippen LogP contribution in [0.4, 0.5) is 0 Å². The molecule has 5 aromatic rings. The maximum Gasteiger partial charge on any atom is 0.281 e. The first-order valence-corrected chi connectivity index (χ1v) is 11.7. The molecule has 0 spiro atoms. The highest BCUT2D eigenvalue weighted by atomic mass is 35.5. The first kappa shape index (κ1) is 23.5. The average molecular weight is 545 g/mol. The van der Waals surface area contributed by atoms with Crippen LogP contribution < -0.4 is 5.56 Å². The summed E-state index contributed by atoms with van der Waals surface area (Å²) in [6, 6.07) is 16.6. The molecule has 5 rings (SSSR count). The molecule has 0 aliphatic carbocycles. The van der Waals surface area contributed by atoms with E-state index < -0.39 is 5.56 Å². The number of H-pyrrole nitrogens is 1. The molecule has 2 aromatic heterocycles. The topological polar surface area (TPSA) is 93.5 Å². The zero-order valence-electron chi connectivity index (χ0n) is 17.6. The van der Waals surface area contributed by atoms with Crippen molar-refractivity contribution in [2.75, 3.05) is 0 Å². The second-order valence-corrected chi connectivity index (χ2v) is 9.30. The molecular weight excluding hydrogens is 532 g/mol. The summed E-state index contributed by atoms with van der Waals surface area (Å²) in [5.74, 6) is 0.0259. The average Bonchev–Trinajstić information content (AvgIpc) is 3.22. The number of nitrogens with zero attached hydrogens (tertiary/aromatic N) is 4. The lowest BCUT2D eigenvalue weighted by atomic mass is 10.0. The normalized spacial score (nSPS) is 11.2. The van der Waals surface area contributed by atoms with Crippen LogP contribution in [0.2, 0.25) is 20.1 Å². The van der Waals surface area contributed by atoms with Crippen molar-refractivity contribution in [2.45, 2.75) is 6.54 Å². The Balaban J connectivity index is 1.50. The van der Waals surface area contributed by atoms with E-state index in [1.807, 2.05) is 0 Å². The van der Waals surface area contributed by atoms with Gasteiger partial charge in [0.1, 0.15) is 5.82 Å². The van der Waals surface area contributed by atoms with Gasteiger partial charge in [-0.25, -0.2) is 9.67 Å². The second-order valence-electron chi connectivity index (χ2n) is 7.61. The Morgan fingerprint density at radius 1 is 0.886 bits per heavy atom. The molecule has 0 bridgehead atoms. The van der Waals surface area contributed by atoms with E-state index >= 15 is 0 Å². The fourth-order valence-electron chi connectivity index (χ4n) is 3.57. The van der Waals surface area contributed by atoms with Crippen LogP contribution in [0.5, 0.6) is 0 Å². The molecule has 0 radical (unpaired) electrons. The molecule has 0 aliphatic rings. The molecule has 0 atom stereocenters. The summed E-state index contributed by atoms with van der Waals surface area (Å²) in [5, 5.41) is 9.48. The van der Waals surface area contributed by atoms with E-state index in [1.54, 1.807) is 60.7 Å². The number of halogens is 4. The Morgan fingerprint density at radius 2 is 1.49 bits per heavy atom. The molecule has 174 valence electrons. The Hall–Kier alpha value is -3.23. The van der Waals surface area contributed by atoms with Gasteiger partial charge in [0.05, 0.1) is 22.2 Å². The Labute approximate surface area is 218 Å². The molecule has 0 saturated carbocycles. The minimum absolute atomic E-state index is 0.0921. The lowest BCUT2D eigenvalue weighted by Gasteiger charge is -2.10. The zero-order valence-corrected chi connectivity index (χ0v) is 20.6. The van der Waals surface area contributed by atoms with E-state index in [0.717, 1.165) is 0 Å². The minimum atomic E-state index is -0.425. The van der Waals surface area contributed by atoms with Crippen LogP contribution in [0.1, 0.15) is 21.5 Å². The lowest BCUT2D eigenvalue weighted by Crippen LogP contribution is -2.11. The van der Waals surface area contributed by atoms with Gasteiger partial charge < -0.3 is 4.98 Å². The number of rotatable bonds is 5. The Kier molecular flexibility index (Phi) is 6.34. The molecule has 35 heavy (non-hydrogen) atoms. The highest BCUT2D eigenvalue weighted by Gasteiger charge is 2.19. The van der Waals surface area contributed by atoms with Gasteiger partial charge in [0, 0.05) is 21.2 Å². The molecule has 2 heterocycles. The number of hydrogen-bond donors (Lipinski definition) is 1. The predicted molar refractivity (Wildman–Crippen MR) is 137 cm³/mol. The van der Waals surface area contributed by atoms with Gasteiger partial charge in [-0.15, -0.1) is 5.10 Å². The van der Waals surface area contributed by atoms with Crippen molar-refractivity contribution in [3.63, 3.8) is 0 Å². The highest BCUT2D eigenvalue weighted by molar-refractivity contribution is 6.41. The van der Waals surface area contributed by atoms with E-state index in [1.165, 1.54) is 4.68 Å². The molecule has 3 aromatic carbocycles. The number of aromatic nitrogens is 5. The fourth-order valence-corrected chi connectivity index (χ4v) is 4.53. The van der Waals surface area contributed by atoms with Crippen LogP contribution in [-0.4, -0.2) is 30.7 Å². The third-order valence-corrected chi connectivity index (χ3v) is 6.36. The molecule has 11 heteroatoms. The number of aromatic amines is 1. The summed E-state index contributed by atoms with van der Waals surface area (Å²) in [6.45, 7) is 0.169. The van der Waals surface area contributed by atoms with Crippen LogP contribution in [0.3, 0.4) is 0 Å². The number of ketones is 1. The van der Waals surface area contributed by atoms with Crippen molar-refractivity contribution in [1.82, 2.24) is 25.0 Å². The zero-order chi connectivity index (χ0) is 24.7. The van der Waals surface area contributed by atoms with Gasteiger partial charge >= 0.3 is 0 Å². The van der Waals surface area contributed by atoms with Gasteiger partial charge in [0.15, 0.2) is 16.9 Å². The minimum Gasteiger partial charge on any atom is -0.304 e. The quantitative estimate of drug-likeness (QED) is 0.271. The molecule has 0 saturated heterocycles. The first-order chi connectivity index (χ1) is 16.8. The van der Waals surface area contributed by atoms with Crippen molar-refractivity contribution in [3.05, 3.63) is 108 Å². The standard InChI is InChI=1S/C24H13Cl4N5O2/c25-15-5-1-13(2-6-15)21(34)19-17(27)9-12(10-18(19)28)11-33-23-20(31-32-33)24(35)30-22(29-23)14-3-7-16(26)8-4-14/h1-10H,11H2,(H,29,30,35). The monoisotopic (exact) mass is 543 g/mol. The molecular formula is C24H13Cl4N5O2. The third kappa shape index (κ3) is 4.68. The Bertz CT molecular complexity index is 1620. The van der Waals surface area contributed by atoms with Gasteiger partial charge in [-0.05, 0) is 66.2 Å². The molecule has 7 nitrogen and oxygen atoms in total. The van der Waals surface area contributed by atoms with Gasteiger partial charge in [0.25, 0.3) is 5.56 Å². The van der Waals surface area contributed by atoms with E-state index in [4.69, 9.17) is 46.4 Å². The molecule has 0 amide bonds. The van der Waals surface area contributed by atoms with Crippen molar-refractivity contribution >= 4 is 63.4 Å². The number of carbonyl (C=O) groups is 1. The Morgan fingerprint density at radius 3 is 2.11 bits per heavy atom. The number of nitrogens with one attached hydrogen (secondary N) is 1. The SMILES string of the molecule is O=C(c1ccc(Cl)cc1)c1c(Cl)cc(Cn2nnc3c(=O)[nH]c(-c4ccc(Cl)cc4)nc32)cc1Cl. The summed E-state index contributed by atoms with van der Waals surface area (Å²) in [5.41, 5.74) is 1.87. The number of benzene rings is 3. The fraction of sp³-hybridized carbons (Fsp3) is 0.0417. The summed E-state index contributed by atoms with van der Waals surface area (Å²) < 4.78 is 1.46. The van der Waals surface area contributed by atoms with Crippen molar-refractivity contribution < 1.29 is 4.79 Å². The van der Waals surface area contributed by atoms with Crippen molar-refractivity contribution in [2.24, 2.45) is 0 Å². The summed E-state index contributed by atoms with van der Waals surface area (Å²) >= 11 is 24.8. The largest absolute Gasteiger partial charge is 0.304 e. The maximum atomic E-state index is 12.9. The maximum absolute atomic E-state index is 12.9. The van der Waals surface area contributed by atoms with Gasteiger partial charge in [-0.3, -0.25) is 9.59 Å². The molecule has 0 aliphatic heterocycles. The lowest BCUT2D eigenvalue weighted by molar-refractivity contribution is 0.103. The first-order valence-electron chi connectivity index (χ1n) is 10.2. The van der Waals surface area contributed by atoms with E-state index in [0.29, 0.717) is 32.6 Å². The van der Waals surface area contributed by atoms with Crippen LogP contribution in [0.25, 0.3) is 22.6 Å². The van der Waals surface area contributed by atoms with E-state index in [-0.39, 0.29) is 39.1 Å². The van der Waals surface area contributed by atoms with E-state index in [9.17, 15) is 9.59 Å². The predicted octanol–water partition coefficient (Wildman–Crippen LogP) is 6.07. The van der Waals surface area contributed by atoms with E-state index in [2.05, 4.69) is 20.3 Å². The van der Waals surface area contributed by atoms with Gasteiger partial charge in [0.2, 0.25) is 0 Å². The van der Waals surface area contributed by atoms with Crippen molar-refractivity contribution in [3.8, 4) is 11.4 Å². The number of carbonyl (C=O) groups excluding carboxylic acids is 1. The third-order valence-electron chi connectivity index (χ3n) is 5.26. The van der Waals surface area contributed by atoms with Crippen LogP contribution in [-0.2, 0) is 6.54 Å². The van der Waals surface area contributed by atoms with Gasteiger partial charge in [-0.1, -0.05) is 51.6 Å². The summed E-state index contributed by atoms with van der Waals surface area (Å²) in [4.78, 5) is 32.7. The number of fused-ring (bicyclic) bond motifs is 1.